The Labute approximate surface area is 169 Å². The van der Waals surface area contributed by atoms with Gasteiger partial charge in [0.05, 0.1) is 17.6 Å². The monoisotopic (exact) mass is 418 g/mol. The lowest BCUT2D eigenvalue weighted by Gasteiger charge is -2.09. The second-order valence-corrected chi connectivity index (χ2v) is 8.03. The maximum Gasteiger partial charge on any atom is 0.259 e. The van der Waals surface area contributed by atoms with Crippen molar-refractivity contribution in [2.24, 2.45) is 5.92 Å². The Balaban J connectivity index is 1.59. The number of aromatic nitrogens is 2. The zero-order valence-electron chi connectivity index (χ0n) is 14.9. The number of fused-ring (bicyclic) bond motifs is 1. The van der Waals surface area contributed by atoms with Gasteiger partial charge in [-0.15, -0.1) is 0 Å². The lowest BCUT2D eigenvalue weighted by Crippen LogP contribution is -2.15. The Bertz CT molecular complexity index is 1060. The zero-order chi connectivity index (χ0) is 19.7. The molecular formula is C19H19ClN4O3S. The van der Waals surface area contributed by atoms with Gasteiger partial charge in [0.1, 0.15) is 0 Å². The fraction of sp³-hybridized carbons (Fsp3) is 0.263. The SMILES string of the molecule is O=C(Cc1ccccc1Cl)Nc1cc(NS(=O)O)c2cn(CC3CC3)nc2c1. The number of hydrogen-bond donors (Lipinski definition) is 3. The van der Waals surface area contributed by atoms with Gasteiger partial charge < -0.3 is 5.32 Å². The number of anilines is 2. The highest BCUT2D eigenvalue weighted by molar-refractivity contribution is 7.80. The number of halogens is 1. The van der Waals surface area contributed by atoms with Crippen LogP contribution in [0.5, 0.6) is 0 Å². The number of carbonyl (C=O) groups excluding carboxylic acids is 1. The van der Waals surface area contributed by atoms with Gasteiger partial charge in [0.15, 0.2) is 0 Å². The first-order valence-electron chi connectivity index (χ1n) is 8.90. The Morgan fingerprint density at radius 1 is 1.32 bits per heavy atom. The highest BCUT2D eigenvalue weighted by Crippen LogP contribution is 2.32. The van der Waals surface area contributed by atoms with Gasteiger partial charge in [0.25, 0.3) is 11.3 Å². The molecule has 3 aromatic rings. The largest absolute Gasteiger partial charge is 0.326 e. The molecule has 146 valence electrons. The molecule has 0 bridgehead atoms. The molecule has 9 heteroatoms. The van der Waals surface area contributed by atoms with E-state index in [2.05, 4.69) is 15.1 Å². The van der Waals surface area contributed by atoms with Crippen molar-refractivity contribution in [2.75, 3.05) is 10.0 Å². The van der Waals surface area contributed by atoms with E-state index >= 15 is 0 Å². The molecule has 1 heterocycles. The molecule has 1 fully saturated rings. The lowest BCUT2D eigenvalue weighted by atomic mass is 10.1. The maximum absolute atomic E-state index is 12.4. The third kappa shape index (κ3) is 4.52. The van der Waals surface area contributed by atoms with Crippen LogP contribution in [0.15, 0.2) is 42.6 Å². The summed E-state index contributed by atoms with van der Waals surface area (Å²) in [5.41, 5.74) is 2.30. The van der Waals surface area contributed by atoms with Crippen molar-refractivity contribution in [1.29, 1.82) is 0 Å². The van der Waals surface area contributed by atoms with E-state index in [1.54, 1.807) is 24.3 Å². The van der Waals surface area contributed by atoms with Gasteiger partial charge in [-0.3, -0.25) is 18.8 Å². The molecule has 1 aliphatic carbocycles. The number of amides is 1. The van der Waals surface area contributed by atoms with Gasteiger partial charge in [-0.25, -0.2) is 4.21 Å². The molecule has 28 heavy (non-hydrogen) atoms. The molecule has 1 aliphatic rings. The molecule has 7 nitrogen and oxygen atoms in total. The van der Waals surface area contributed by atoms with Crippen molar-refractivity contribution in [3.63, 3.8) is 0 Å². The number of rotatable bonds is 7. The summed E-state index contributed by atoms with van der Waals surface area (Å²) in [6.45, 7) is 0.824. The van der Waals surface area contributed by atoms with Crippen LogP contribution in [0.3, 0.4) is 0 Å². The van der Waals surface area contributed by atoms with E-state index < -0.39 is 11.3 Å². The van der Waals surface area contributed by atoms with Gasteiger partial charge >= 0.3 is 0 Å². The van der Waals surface area contributed by atoms with Crippen molar-refractivity contribution in [1.82, 2.24) is 9.78 Å². The number of nitrogens with zero attached hydrogens (tertiary/aromatic N) is 2. The Morgan fingerprint density at radius 2 is 2.11 bits per heavy atom. The van der Waals surface area contributed by atoms with Crippen molar-refractivity contribution < 1.29 is 13.6 Å². The Morgan fingerprint density at radius 3 is 2.82 bits per heavy atom. The number of benzene rings is 2. The van der Waals surface area contributed by atoms with Crippen LogP contribution in [0.1, 0.15) is 18.4 Å². The van der Waals surface area contributed by atoms with Crippen LogP contribution in [0, 0.1) is 5.92 Å². The summed E-state index contributed by atoms with van der Waals surface area (Å²) in [7, 11) is 0. The fourth-order valence-corrected chi connectivity index (χ4v) is 3.66. The standard InChI is InChI=1S/C19H19ClN4O3S/c20-16-4-2-1-3-13(16)7-19(25)21-14-8-17-15(18(9-14)23-28(26)27)11-24(22-17)10-12-5-6-12/h1-4,8-9,11-12,23H,5-7,10H2,(H,21,25)(H,26,27). The molecule has 1 aromatic heterocycles. The van der Waals surface area contributed by atoms with Crippen molar-refractivity contribution >= 4 is 51.1 Å². The predicted molar refractivity (Wildman–Crippen MR) is 111 cm³/mol. The topological polar surface area (TPSA) is 96.3 Å². The molecule has 3 N–H and O–H groups in total. The predicted octanol–water partition coefficient (Wildman–Crippen LogP) is 3.83. The molecule has 0 radical (unpaired) electrons. The highest BCUT2D eigenvalue weighted by Gasteiger charge is 2.22. The van der Waals surface area contributed by atoms with Crippen LogP contribution in [0.4, 0.5) is 11.4 Å². The highest BCUT2D eigenvalue weighted by atomic mass is 35.5. The van der Waals surface area contributed by atoms with Crippen LogP contribution in [0.25, 0.3) is 10.9 Å². The number of carbonyl (C=O) groups is 1. The summed E-state index contributed by atoms with van der Waals surface area (Å²) in [6, 6.07) is 10.6. The fourth-order valence-electron chi connectivity index (χ4n) is 3.10. The minimum absolute atomic E-state index is 0.128. The Hall–Kier alpha value is -2.42. The second-order valence-electron chi connectivity index (χ2n) is 6.92. The zero-order valence-corrected chi connectivity index (χ0v) is 16.5. The smallest absolute Gasteiger partial charge is 0.259 e. The molecule has 1 unspecified atom stereocenters. The van der Waals surface area contributed by atoms with Gasteiger partial charge in [-0.05, 0) is 42.5 Å². The van der Waals surface area contributed by atoms with E-state index in [0.29, 0.717) is 27.8 Å². The van der Waals surface area contributed by atoms with E-state index in [-0.39, 0.29) is 12.3 Å². The van der Waals surface area contributed by atoms with Crippen LogP contribution in [-0.2, 0) is 29.0 Å². The minimum atomic E-state index is -2.23. The first-order valence-corrected chi connectivity index (χ1v) is 10.4. The van der Waals surface area contributed by atoms with E-state index in [4.69, 9.17) is 11.6 Å². The maximum atomic E-state index is 12.4. The molecule has 0 saturated heterocycles. The first kappa shape index (κ1) is 18.9. The van der Waals surface area contributed by atoms with Crippen molar-refractivity contribution in [3.8, 4) is 0 Å². The first-order chi connectivity index (χ1) is 13.5. The molecule has 4 rings (SSSR count). The lowest BCUT2D eigenvalue weighted by molar-refractivity contribution is -0.115. The summed E-state index contributed by atoms with van der Waals surface area (Å²) < 4.78 is 24.9. The van der Waals surface area contributed by atoms with Gasteiger partial charge in [-0.1, -0.05) is 29.8 Å². The molecule has 1 amide bonds. The average molecular weight is 419 g/mol. The quantitative estimate of drug-likeness (QED) is 0.508. The van der Waals surface area contributed by atoms with E-state index in [0.717, 1.165) is 17.5 Å². The summed E-state index contributed by atoms with van der Waals surface area (Å²) in [6.07, 6.45) is 4.39. The van der Waals surface area contributed by atoms with Gasteiger partial charge in [0.2, 0.25) is 5.91 Å². The molecule has 0 spiro atoms. The molecule has 1 atom stereocenters. The van der Waals surface area contributed by atoms with Crippen LogP contribution < -0.4 is 10.0 Å². The summed E-state index contributed by atoms with van der Waals surface area (Å²) >= 11 is 3.88. The summed E-state index contributed by atoms with van der Waals surface area (Å²) in [5, 5.41) is 8.63. The van der Waals surface area contributed by atoms with E-state index in [1.165, 1.54) is 12.8 Å². The van der Waals surface area contributed by atoms with Crippen LogP contribution in [0.2, 0.25) is 5.02 Å². The summed E-state index contributed by atoms with van der Waals surface area (Å²) in [5.74, 6) is 0.411. The van der Waals surface area contributed by atoms with E-state index in [1.807, 2.05) is 23.0 Å². The average Bonchev–Trinajstić information content (AvgIpc) is 3.34. The molecule has 1 saturated carbocycles. The minimum Gasteiger partial charge on any atom is -0.326 e. The normalized spacial score (nSPS) is 14.8. The Kier molecular flexibility index (Phi) is 5.34. The van der Waals surface area contributed by atoms with Crippen molar-refractivity contribution in [3.05, 3.63) is 53.2 Å². The number of nitrogens with one attached hydrogen (secondary N) is 2. The van der Waals surface area contributed by atoms with E-state index in [9.17, 15) is 13.6 Å². The summed E-state index contributed by atoms with van der Waals surface area (Å²) in [4.78, 5) is 12.4. The molecule has 2 aromatic carbocycles. The van der Waals surface area contributed by atoms with Gasteiger partial charge in [-0.2, -0.15) is 5.10 Å². The van der Waals surface area contributed by atoms with Gasteiger partial charge in [0, 0.05) is 28.8 Å². The van der Waals surface area contributed by atoms with Crippen molar-refractivity contribution in [2.45, 2.75) is 25.8 Å². The molecular weight excluding hydrogens is 400 g/mol. The van der Waals surface area contributed by atoms with Crippen LogP contribution >= 0.6 is 11.6 Å². The third-order valence-electron chi connectivity index (χ3n) is 4.60. The number of hydrogen-bond acceptors (Lipinski definition) is 3. The van der Waals surface area contributed by atoms with Crippen LogP contribution in [-0.4, -0.2) is 24.4 Å². The third-order valence-corrected chi connectivity index (χ3v) is 5.37. The molecule has 0 aliphatic heterocycles. The second kappa shape index (κ2) is 7.90.